The number of fused-ring (bicyclic) bond motifs is 3. The molecular formula is C31H37F3N6O4S. The number of hydrogen-bond donors (Lipinski definition) is 2. The van der Waals surface area contributed by atoms with Crippen LogP contribution in [0.5, 0.6) is 5.75 Å². The molecule has 0 unspecified atom stereocenters. The zero-order valence-corrected chi connectivity index (χ0v) is 26.4. The van der Waals surface area contributed by atoms with E-state index >= 15 is 0 Å². The van der Waals surface area contributed by atoms with Gasteiger partial charge in [-0.25, -0.2) is 18.4 Å². The number of nitrogens with zero attached hydrogens (tertiary/aromatic N) is 4. The molecule has 3 fully saturated rings. The van der Waals surface area contributed by atoms with E-state index in [9.17, 15) is 26.4 Å². The molecule has 3 aliphatic heterocycles. The molecule has 3 saturated heterocycles. The molecule has 1 aromatic heterocycles. The summed E-state index contributed by atoms with van der Waals surface area (Å²) in [6, 6.07) is 10.0. The van der Waals surface area contributed by atoms with E-state index in [1.54, 1.807) is 43.3 Å². The minimum Gasteiger partial charge on any atom is -0.495 e. The Hall–Kier alpha value is -3.91. The van der Waals surface area contributed by atoms with Crippen LogP contribution in [0.3, 0.4) is 0 Å². The highest BCUT2D eigenvalue weighted by molar-refractivity contribution is 7.92. The lowest BCUT2D eigenvalue weighted by molar-refractivity contribution is -0.138. The van der Waals surface area contributed by atoms with Crippen molar-refractivity contribution in [1.82, 2.24) is 20.2 Å². The zero-order chi connectivity index (χ0) is 32.5. The van der Waals surface area contributed by atoms with Crippen molar-refractivity contribution in [3.05, 3.63) is 70.5 Å². The lowest BCUT2D eigenvalue weighted by Gasteiger charge is -2.44. The molecule has 4 heterocycles. The van der Waals surface area contributed by atoms with Crippen molar-refractivity contribution in [3.63, 3.8) is 0 Å². The lowest BCUT2D eigenvalue weighted by Crippen LogP contribution is -2.57. The number of methoxy groups -OCH3 is 1. The van der Waals surface area contributed by atoms with E-state index in [-0.39, 0.29) is 36.4 Å². The fourth-order valence-corrected chi connectivity index (χ4v) is 6.48. The van der Waals surface area contributed by atoms with Crippen LogP contribution < -0.4 is 19.7 Å². The van der Waals surface area contributed by atoms with Gasteiger partial charge >= 0.3 is 6.18 Å². The highest BCUT2D eigenvalue weighted by atomic mass is 32.2. The number of hydrogen-bond acceptors (Lipinski definition) is 8. The number of piperidine rings is 3. The second kappa shape index (κ2) is 12.8. The quantitative estimate of drug-likeness (QED) is 0.330. The van der Waals surface area contributed by atoms with Crippen molar-refractivity contribution in [3.8, 4) is 5.75 Å². The molecular weight excluding hydrogens is 609 g/mol. The van der Waals surface area contributed by atoms with Crippen molar-refractivity contribution in [2.45, 2.75) is 44.8 Å². The first kappa shape index (κ1) is 32.5. The van der Waals surface area contributed by atoms with Gasteiger partial charge in [0.15, 0.2) is 0 Å². The van der Waals surface area contributed by atoms with Crippen LogP contribution in [0.15, 0.2) is 42.6 Å². The maximum atomic E-state index is 14.0. The molecule has 0 saturated carbocycles. The smallest absolute Gasteiger partial charge is 0.419 e. The van der Waals surface area contributed by atoms with Crippen molar-refractivity contribution in [2.24, 2.45) is 5.92 Å². The number of aryl methyl sites for hydroxylation is 3. The number of ether oxygens (including phenoxy) is 1. The van der Waals surface area contributed by atoms with Gasteiger partial charge in [0.2, 0.25) is 16.0 Å². The third kappa shape index (κ3) is 7.50. The van der Waals surface area contributed by atoms with Gasteiger partial charge in [-0.3, -0.25) is 9.10 Å². The van der Waals surface area contributed by atoms with E-state index < -0.39 is 21.8 Å². The molecule has 0 radical (unpaired) electrons. The molecule has 2 aromatic carbocycles. The normalized spacial score (nSPS) is 19.7. The number of carbonyl (C=O) groups is 1. The Morgan fingerprint density at radius 3 is 2.49 bits per heavy atom. The van der Waals surface area contributed by atoms with Crippen LogP contribution in [0.25, 0.3) is 0 Å². The zero-order valence-electron chi connectivity index (χ0n) is 25.6. The fourth-order valence-electron chi connectivity index (χ4n) is 5.95. The molecule has 10 nitrogen and oxygen atoms in total. The maximum Gasteiger partial charge on any atom is 0.419 e. The van der Waals surface area contributed by atoms with Gasteiger partial charge in [-0.2, -0.15) is 13.2 Å². The van der Waals surface area contributed by atoms with Crippen LogP contribution in [-0.4, -0.2) is 75.3 Å². The Bertz CT molecular complexity index is 1680. The summed E-state index contributed by atoms with van der Waals surface area (Å²) in [5.41, 5.74) is 1.30. The van der Waals surface area contributed by atoms with E-state index in [0.29, 0.717) is 34.2 Å². The van der Waals surface area contributed by atoms with E-state index in [1.807, 2.05) is 0 Å². The van der Waals surface area contributed by atoms with Gasteiger partial charge in [0.05, 0.1) is 36.0 Å². The summed E-state index contributed by atoms with van der Waals surface area (Å²) in [5, 5.41) is 6.07. The summed E-state index contributed by atoms with van der Waals surface area (Å²) in [6.45, 7) is 4.76. The molecule has 2 N–H and O–H groups in total. The minimum absolute atomic E-state index is 0.0850. The van der Waals surface area contributed by atoms with Crippen LogP contribution in [-0.2, 0) is 29.0 Å². The topological polar surface area (TPSA) is 117 Å². The summed E-state index contributed by atoms with van der Waals surface area (Å²) in [7, 11) is -0.761. The van der Waals surface area contributed by atoms with Crippen LogP contribution in [0.2, 0.25) is 0 Å². The molecule has 0 spiro atoms. The number of alkyl halides is 3. The number of aromatic nitrogens is 2. The van der Waals surface area contributed by atoms with Crippen LogP contribution in [0.4, 0.5) is 30.5 Å². The second-order valence-corrected chi connectivity index (χ2v) is 13.7. The van der Waals surface area contributed by atoms with E-state index in [2.05, 4.69) is 25.5 Å². The first-order valence-corrected chi connectivity index (χ1v) is 16.5. The number of anilines is 3. The second-order valence-electron chi connectivity index (χ2n) is 11.7. The SMILES string of the molecule is COc1cc(C(=O)N[C@@H]2CN3CCC2CC3)ccc1Nc1ncc(C(F)(F)F)c(CCc2ccc(C)cc2N(C)S(C)(=O)=O)n1. The van der Waals surface area contributed by atoms with Gasteiger partial charge in [-0.15, -0.1) is 0 Å². The van der Waals surface area contributed by atoms with Gasteiger partial charge in [0, 0.05) is 31.4 Å². The molecule has 3 aliphatic rings. The van der Waals surface area contributed by atoms with Crippen molar-refractivity contribution in [2.75, 3.05) is 49.7 Å². The number of nitrogens with one attached hydrogen (secondary N) is 2. The first-order chi connectivity index (χ1) is 21.2. The third-order valence-electron chi connectivity index (χ3n) is 8.56. The first-order valence-electron chi connectivity index (χ1n) is 14.7. The summed E-state index contributed by atoms with van der Waals surface area (Å²) in [6.07, 6.45) is -0.807. The van der Waals surface area contributed by atoms with Crippen LogP contribution >= 0.6 is 0 Å². The predicted molar refractivity (Wildman–Crippen MR) is 166 cm³/mol. The number of halogens is 3. The molecule has 6 rings (SSSR count). The van der Waals surface area contributed by atoms with Crippen molar-refractivity contribution >= 4 is 33.3 Å². The highest BCUT2D eigenvalue weighted by Crippen LogP contribution is 2.34. The summed E-state index contributed by atoms with van der Waals surface area (Å²) in [4.78, 5) is 23.5. The molecule has 0 aliphatic carbocycles. The molecule has 45 heavy (non-hydrogen) atoms. The molecule has 14 heteroatoms. The Morgan fingerprint density at radius 2 is 1.87 bits per heavy atom. The molecule has 2 bridgehead atoms. The van der Waals surface area contributed by atoms with E-state index in [4.69, 9.17) is 4.74 Å². The van der Waals surface area contributed by atoms with Crippen molar-refractivity contribution in [1.29, 1.82) is 0 Å². The molecule has 3 aromatic rings. The summed E-state index contributed by atoms with van der Waals surface area (Å²) in [5.74, 6) is 0.461. The van der Waals surface area contributed by atoms with Gasteiger partial charge in [-0.05, 0) is 87.0 Å². The van der Waals surface area contributed by atoms with Gasteiger partial charge in [0.25, 0.3) is 5.91 Å². The van der Waals surface area contributed by atoms with E-state index in [0.717, 1.165) is 54.8 Å². The molecule has 1 atom stereocenters. The highest BCUT2D eigenvalue weighted by Gasteiger charge is 2.36. The van der Waals surface area contributed by atoms with Gasteiger partial charge in [0.1, 0.15) is 5.75 Å². The Morgan fingerprint density at radius 1 is 1.13 bits per heavy atom. The third-order valence-corrected chi connectivity index (χ3v) is 9.76. The molecule has 1 amide bonds. The van der Waals surface area contributed by atoms with Crippen LogP contribution in [0, 0.1) is 12.8 Å². The molecule has 242 valence electrons. The maximum absolute atomic E-state index is 14.0. The van der Waals surface area contributed by atoms with Gasteiger partial charge < -0.3 is 20.3 Å². The van der Waals surface area contributed by atoms with Gasteiger partial charge in [-0.1, -0.05) is 12.1 Å². The predicted octanol–water partition coefficient (Wildman–Crippen LogP) is 4.56. The Balaban J connectivity index is 1.36. The number of sulfonamides is 1. The number of carbonyl (C=O) groups excluding carboxylic acids is 1. The average Bonchev–Trinajstić information content (AvgIpc) is 2.99. The number of benzene rings is 2. The largest absolute Gasteiger partial charge is 0.495 e. The van der Waals surface area contributed by atoms with Crippen molar-refractivity contribution < 1.29 is 31.1 Å². The average molecular weight is 647 g/mol. The Kier molecular flexibility index (Phi) is 9.26. The minimum atomic E-state index is -4.70. The summed E-state index contributed by atoms with van der Waals surface area (Å²) < 4.78 is 72.9. The standard InChI is InChI=1S/C31H37F3N6O4S/c1-19-5-6-21(27(15-19)39(2)45(4,42)43)7-9-24-23(31(32,33)34)17-35-30(37-24)38-25-10-8-22(16-28(25)44-3)29(41)36-26-18-40-13-11-20(26)12-14-40/h5-6,8,10,15-17,20,26H,7,9,11-14,18H2,1-4H3,(H,36,41)(H,35,37,38)/t26-/m1/s1. The van der Waals surface area contributed by atoms with E-state index in [1.165, 1.54) is 14.2 Å². The monoisotopic (exact) mass is 646 g/mol. The number of amides is 1. The lowest BCUT2D eigenvalue weighted by atomic mass is 9.84. The summed E-state index contributed by atoms with van der Waals surface area (Å²) >= 11 is 0. The number of rotatable bonds is 10. The fraction of sp³-hybridized carbons (Fsp3) is 0.452. The van der Waals surface area contributed by atoms with Crippen LogP contribution in [0.1, 0.15) is 45.6 Å². The Labute approximate surface area is 261 Å².